The third kappa shape index (κ3) is 4.34. The van der Waals surface area contributed by atoms with Gasteiger partial charge in [0.2, 0.25) is 0 Å². The van der Waals surface area contributed by atoms with Gasteiger partial charge >= 0.3 is 12.0 Å². The number of benzene rings is 1. The molecule has 0 aliphatic carbocycles. The van der Waals surface area contributed by atoms with Crippen molar-refractivity contribution in [2.75, 3.05) is 37.7 Å². The summed E-state index contributed by atoms with van der Waals surface area (Å²) in [4.78, 5) is 26.5. The summed E-state index contributed by atoms with van der Waals surface area (Å²) in [5.41, 5.74) is 0.472. The molecular weight excluding hydrogens is 296 g/mol. The summed E-state index contributed by atoms with van der Waals surface area (Å²) in [5, 5.41) is 9.50. The van der Waals surface area contributed by atoms with Crippen molar-refractivity contribution in [3.8, 4) is 0 Å². The molecule has 1 aromatic carbocycles. The Morgan fingerprint density at radius 1 is 1.33 bits per heavy atom. The Morgan fingerprint density at radius 2 is 2.14 bits per heavy atom. The molecule has 2 amide bonds. The topological polar surface area (TPSA) is 70.1 Å². The highest BCUT2D eigenvalue weighted by Crippen LogP contribution is 2.21. The average molecular weight is 313 g/mol. The molecule has 0 spiro atoms. The molecule has 0 bridgehead atoms. The first-order valence-electron chi connectivity index (χ1n) is 6.69. The van der Waals surface area contributed by atoms with Crippen molar-refractivity contribution >= 4 is 29.3 Å². The van der Waals surface area contributed by atoms with Gasteiger partial charge in [-0.15, -0.1) is 0 Å². The fourth-order valence-electron chi connectivity index (χ4n) is 2.16. The van der Waals surface area contributed by atoms with Gasteiger partial charge in [0.15, 0.2) is 0 Å². The maximum Gasteiger partial charge on any atom is 0.325 e. The van der Waals surface area contributed by atoms with Gasteiger partial charge in [-0.2, -0.15) is 0 Å². The van der Waals surface area contributed by atoms with Crippen molar-refractivity contribution < 1.29 is 19.4 Å². The first-order valence-corrected chi connectivity index (χ1v) is 7.07. The second kappa shape index (κ2) is 7.28. The molecule has 6 nitrogen and oxygen atoms in total. The van der Waals surface area contributed by atoms with Gasteiger partial charge in [-0.3, -0.25) is 9.69 Å². The van der Waals surface area contributed by atoms with Gasteiger partial charge in [0.05, 0.1) is 6.61 Å². The van der Waals surface area contributed by atoms with E-state index in [0.29, 0.717) is 37.0 Å². The number of carboxylic acids is 1. The Kier molecular flexibility index (Phi) is 5.41. The van der Waals surface area contributed by atoms with E-state index in [0.717, 1.165) is 6.42 Å². The maximum absolute atomic E-state index is 12.6. The number of amides is 2. The van der Waals surface area contributed by atoms with Crippen molar-refractivity contribution in [2.24, 2.45) is 0 Å². The SMILES string of the molecule is O=C(O)CN(C(=O)N1CCCOCC1)c1cccc(Cl)c1. The molecule has 1 aliphatic rings. The van der Waals surface area contributed by atoms with Crippen molar-refractivity contribution in [2.45, 2.75) is 6.42 Å². The number of carbonyl (C=O) groups is 2. The number of carboxylic acid groups (broad SMARTS) is 1. The van der Waals surface area contributed by atoms with Crippen molar-refractivity contribution in [3.63, 3.8) is 0 Å². The van der Waals surface area contributed by atoms with Crippen LogP contribution in [-0.2, 0) is 9.53 Å². The number of anilines is 1. The lowest BCUT2D eigenvalue weighted by Gasteiger charge is -2.28. The predicted octanol–water partition coefficient (Wildman–Crippen LogP) is 2.07. The predicted molar refractivity (Wildman–Crippen MR) is 78.8 cm³/mol. The minimum atomic E-state index is -1.07. The zero-order valence-electron chi connectivity index (χ0n) is 11.5. The molecule has 0 radical (unpaired) electrons. The number of aliphatic carboxylic acids is 1. The molecule has 1 saturated heterocycles. The van der Waals surface area contributed by atoms with Crippen LogP contribution in [0.15, 0.2) is 24.3 Å². The summed E-state index contributed by atoms with van der Waals surface area (Å²) in [6.45, 7) is 1.67. The van der Waals surface area contributed by atoms with Crippen LogP contribution in [0.5, 0.6) is 0 Å². The third-order valence-corrected chi connectivity index (χ3v) is 3.37. The standard InChI is InChI=1S/C14H17ClN2O4/c15-11-3-1-4-12(9-11)17(10-13(18)19)14(20)16-5-2-7-21-8-6-16/h1,3-4,9H,2,5-8,10H2,(H,18,19). The normalized spacial score (nSPS) is 15.4. The summed E-state index contributed by atoms with van der Waals surface area (Å²) in [7, 11) is 0. The van der Waals surface area contributed by atoms with Gasteiger partial charge in [0.25, 0.3) is 0 Å². The van der Waals surface area contributed by atoms with E-state index in [9.17, 15) is 9.59 Å². The van der Waals surface area contributed by atoms with E-state index in [-0.39, 0.29) is 6.03 Å². The molecule has 7 heteroatoms. The molecule has 21 heavy (non-hydrogen) atoms. The van der Waals surface area contributed by atoms with Crippen LogP contribution in [0.1, 0.15) is 6.42 Å². The molecule has 0 aromatic heterocycles. The summed E-state index contributed by atoms with van der Waals surface area (Å²) >= 11 is 5.92. The molecule has 114 valence electrons. The van der Waals surface area contributed by atoms with Gasteiger partial charge in [-0.1, -0.05) is 17.7 Å². The van der Waals surface area contributed by atoms with E-state index in [4.69, 9.17) is 21.4 Å². The largest absolute Gasteiger partial charge is 0.480 e. The number of halogens is 1. The van der Waals surface area contributed by atoms with Crippen LogP contribution in [0.2, 0.25) is 5.02 Å². The minimum Gasteiger partial charge on any atom is -0.480 e. The second-order valence-corrected chi connectivity index (χ2v) is 5.13. The maximum atomic E-state index is 12.6. The van der Waals surface area contributed by atoms with E-state index >= 15 is 0 Å². The lowest BCUT2D eigenvalue weighted by molar-refractivity contribution is -0.135. The van der Waals surface area contributed by atoms with Crippen LogP contribution in [0.4, 0.5) is 10.5 Å². The quantitative estimate of drug-likeness (QED) is 0.927. The van der Waals surface area contributed by atoms with Crippen LogP contribution in [0.3, 0.4) is 0 Å². The highest BCUT2D eigenvalue weighted by atomic mass is 35.5. The lowest BCUT2D eigenvalue weighted by atomic mass is 10.3. The number of urea groups is 1. The van der Waals surface area contributed by atoms with Crippen LogP contribution >= 0.6 is 11.6 Å². The second-order valence-electron chi connectivity index (χ2n) is 4.70. The molecule has 1 fully saturated rings. The Balaban J connectivity index is 2.22. The van der Waals surface area contributed by atoms with Crippen molar-refractivity contribution in [1.29, 1.82) is 0 Å². The molecule has 0 unspecified atom stereocenters. The summed E-state index contributed by atoms with van der Waals surface area (Å²) in [6.07, 6.45) is 0.738. The molecule has 2 rings (SSSR count). The highest BCUT2D eigenvalue weighted by Gasteiger charge is 2.25. The van der Waals surface area contributed by atoms with Crippen LogP contribution in [0, 0.1) is 0 Å². The van der Waals surface area contributed by atoms with Gasteiger partial charge in [0.1, 0.15) is 6.54 Å². The number of hydrogen-bond acceptors (Lipinski definition) is 3. The fraction of sp³-hybridized carbons (Fsp3) is 0.429. The lowest BCUT2D eigenvalue weighted by Crippen LogP contribution is -2.46. The number of ether oxygens (including phenoxy) is 1. The van der Waals surface area contributed by atoms with E-state index in [2.05, 4.69) is 0 Å². The molecule has 0 atom stereocenters. The number of nitrogens with zero attached hydrogens (tertiary/aromatic N) is 2. The monoisotopic (exact) mass is 312 g/mol. The fourth-order valence-corrected chi connectivity index (χ4v) is 2.34. The molecular formula is C14H17ClN2O4. The minimum absolute atomic E-state index is 0.342. The van der Waals surface area contributed by atoms with E-state index in [1.165, 1.54) is 4.90 Å². The zero-order valence-corrected chi connectivity index (χ0v) is 12.3. The highest BCUT2D eigenvalue weighted by molar-refractivity contribution is 6.30. The van der Waals surface area contributed by atoms with Gasteiger partial charge in [0, 0.05) is 30.4 Å². The molecule has 1 heterocycles. The van der Waals surface area contributed by atoms with Gasteiger partial charge in [-0.25, -0.2) is 4.79 Å². The Morgan fingerprint density at radius 3 is 2.86 bits per heavy atom. The smallest absolute Gasteiger partial charge is 0.325 e. The molecule has 1 aromatic rings. The summed E-state index contributed by atoms with van der Waals surface area (Å²) in [6, 6.07) is 6.27. The summed E-state index contributed by atoms with van der Waals surface area (Å²) in [5.74, 6) is -1.07. The first-order chi connectivity index (χ1) is 10.1. The Hall–Kier alpha value is -1.79. The average Bonchev–Trinajstić information content (AvgIpc) is 2.73. The number of hydrogen-bond donors (Lipinski definition) is 1. The van der Waals surface area contributed by atoms with Crippen molar-refractivity contribution in [1.82, 2.24) is 4.90 Å². The first kappa shape index (κ1) is 15.6. The molecule has 0 saturated carbocycles. The molecule has 1 N–H and O–H groups in total. The van der Waals surface area contributed by atoms with Crippen molar-refractivity contribution in [3.05, 3.63) is 29.3 Å². The van der Waals surface area contributed by atoms with Crippen LogP contribution in [-0.4, -0.2) is 54.9 Å². The number of carbonyl (C=O) groups excluding carboxylic acids is 1. The number of rotatable bonds is 3. The zero-order chi connectivity index (χ0) is 15.2. The van der Waals surface area contributed by atoms with Crippen LogP contribution in [0.25, 0.3) is 0 Å². The van der Waals surface area contributed by atoms with Gasteiger partial charge in [-0.05, 0) is 24.6 Å². The van der Waals surface area contributed by atoms with E-state index < -0.39 is 12.5 Å². The van der Waals surface area contributed by atoms with Crippen LogP contribution < -0.4 is 4.90 Å². The van der Waals surface area contributed by atoms with E-state index in [1.54, 1.807) is 29.2 Å². The Bertz CT molecular complexity index is 515. The molecule has 1 aliphatic heterocycles. The Labute approximate surface area is 127 Å². The summed E-state index contributed by atoms with van der Waals surface area (Å²) < 4.78 is 5.31. The van der Waals surface area contributed by atoms with E-state index in [1.807, 2.05) is 0 Å². The third-order valence-electron chi connectivity index (χ3n) is 3.14. The van der Waals surface area contributed by atoms with Gasteiger partial charge < -0.3 is 14.7 Å².